The number of anilines is 1. The first-order chi connectivity index (χ1) is 12.0. The number of fused-ring (bicyclic) bond motifs is 1. The molecule has 0 aliphatic heterocycles. The number of carbonyl (C=O) groups is 3. The molecule has 25 heavy (non-hydrogen) atoms. The summed E-state index contributed by atoms with van der Waals surface area (Å²) < 4.78 is 9.85. The van der Waals surface area contributed by atoms with E-state index in [0.29, 0.717) is 23.1 Å². The van der Waals surface area contributed by atoms with Crippen molar-refractivity contribution in [3.63, 3.8) is 0 Å². The van der Waals surface area contributed by atoms with Crippen LogP contribution >= 0.6 is 11.3 Å². The lowest BCUT2D eigenvalue weighted by atomic mass is 9.88. The van der Waals surface area contributed by atoms with Crippen LogP contribution in [0.5, 0.6) is 0 Å². The zero-order chi connectivity index (χ0) is 18.4. The average molecular weight is 367 g/mol. The number of rotatable bonds is 7. The molecule has 0 spiro atoms. The second-order valence-corrected chi connectivity index (χ2v) is 7.42. The summed E-state index contributed by atoms with van der Waals surface area (Å²) in [5.41, 5.74) is 1.50. The zero-order valence-corrected chi connectivity index (χ0v) is 15.8. The lowest BCUT2D eigenvalue weighted by Gasteiger charge is -2.18. The van der Waals surface area contributed by atoms with Crippen LogP contribution in [0.2, 0.25) is 0 Å². The molecular weight excluding hydrogens is 342 g/mol. The first kappa shape index (κ1) is 19.4. The summed E-state index contributed by atoms with van der Waals surface area (Å²) in [6.07, 6.45) is 3.53. The number of ether oxygens (including phenoxy) is 2. The Morgan fingerprint density at radius 2 is 2.04 bits per heavy atom. The Morgan fingerprint density at radius 3 is 2.72 bits per heavy atom. The first-order valence-electron chi connectivity index (χ1n) is 8.64. The SMILES string of the molecule is CCCOC(=O)c1c(NC(=O)CCC(=O)OC)sc2c1CC[C@H](C)C2. The van der Waals surface area contributed by atoms with E-state index in [2.05, 4.69) is 17.0 Å². The van der Waals surface area contributed by atoms with Gasteiger partial charge in [0.1, 0.15) is 5.00 Å². The van der Waals surface area contributed by atoms with Crippen molar-refractivity contribution in [1.82, 2.24) is 0 Å². The van der Waals surface area contributed by atoms with E-state index in [1.807, 2.05) is 6.92 Å². The Hall–Kier alpha value is -1.89. The molecule has 0 radical (unpaired) electrons. The normalized spacial score (nSPS) is 16.0. The Balaban J connectivity index is 2.19. The van der Waals surface area contributed by atoms with Gasteiger partial charge in [0.05, 0.1) is 25.7 Å². The van der Waals surface area contributed by atoms with Gasteiger partial charge in [-0.2, -0.15) is 0 Å². The molecule has 0 unspecified atom stereocenters. The van der Waals surface area contributed by atoms with E-state index in [1.54, 1.807) is 0 Å². The predicted molar refractivity (Wildman–Crippen MR) is 96.0 cm³/mol. The lowest BCUT2D eigenvalue weighted by Crippen LogP contribution is -2.17. The van der Waals surface area contributed by atoms with Crippen molar-refractivity contribution in [3.8, 4) is 0 Å². The van der Waals surface area contributed by atoms with Gasteiger partial charge >= 0.3 is 11.9 Å². The summed E-state index contributed by atoms with van der Waals surface area (Å²) in [5, 5.41) is 3.33. The van der Waals surface area contributed by atoms with Crippen LogP contribution < -0.4 is 5.32 Å². The molecule has 0 fully saturated rings. The lowest BCUT2D eigenvalue weighted by molar-refractivity contribution is -0.141. The van der Waals surface area contributed by atoms with Gasteiger partial charge in [0.15, 0.2) is 0 Å². The fourth-order valence-corrected chi connectivity index (χ4v) is 4.24. The number of methoxy groups -OCH3 is 1. The van der Waals surface area contributed by atoms with Crippen LogP contribution in [0.1, 0.15) is 60.3 Å². The molecule has 7 heteroatoms. The summed E-state index contributed by atoms with van der Waals surface area (Å²) in [4.78, 5) is 37.0. The third-order valence-electron chi connectivity index (χ3n) is 4.19. The van der Waals surface area contributed by atoms with Crippen molar-refractivity contribution in [2.24, 2.45) is 5.92 Å². The number of thiophene rings is 1. The molecule has 1 aliphatic carbocycles. The van der Waals surface area contributed by atoms with Crippen molar-refractivity contribution in [2.45, 2.75) is 52.4 Å². The largest absolute Gasteiger partial charge is 0.469 e. The molecule has 0 saturated carbocycles. The molecule has 6 nitrogen and oxygen atoms in total. The van der Waals surface area contributed by atoms with Crippen molar-refractivity contribution >= 4 is 34.2 Å². The summed E-state index contributed by atoms with van der Waals surface area (Å²) in [7, 11) is 1.29. The maximum Gasteiger partial charge on any atom is 0.341 e. The van der Waals surface area contributed by atoms with E-state index in [0.717, 1.165) is 36.1 Å². The highest BCUT2D eigenvalue weighted by molar-refractivity contribution is 7.17. The molecule has 0 saturated heterocycles. The highest BCUT2D eigenvalue weighted by Crippen LogP contribution is 2.40. The summed E-state index contributed by atoms with van der Waals surface area (Å²) in [6, 6.07) is 0. The molecule has 1 amide bonds. The maximum atomic E-state index is 12.5. The van der Waals surface area contributed by atoms with Crippen molar-refractivity contribution < 1.29 is 23.9 Å². The minimum absolute atomic E-state index is 0.0140. The fraction of sp³-hybridized carbons (Fsp3) is 0.611. The summed E-state index contributed by atoms with van der Waals surface area (Å²) in [5.74, 6) is -0.552. The molecule has 1 heterocycles. The van der Waals surface area contributed by atoms with Crippen LogP contribution in [0.15, 0.2) is 0 Å². The second-order valence-electron chi connectivity index (χ2n) is 6.32. The molecule has 1 aliphatic rings. The molecule has 138 valence electrons. The number of hydrogen-bond donors (Lipinski definition) is 1. The number of hydrogen-bond acceptors (Lipinski definition) is 6. The van der Waals surface area contributed by atoms with Crippen molar-refractivity contribution in [2.75, 3.05) is 19.0 Å². The molecule has 1 aromatic heterocycles. The fourth-order valence-electron chi connectivity index (χ4n) is 2.83. The van der Waals surface area contributed by atoms with Gasteiger partial charge in [-0.15, -0.1) is 11.3 Å². The zero-order valence-electron chi connectivity index (χ0n) is 15.0. The van der Waals surface area contributed by atoms with Gasteiger partial charge in [-0.1, -0.05) is 13.8 Å². The molecule has 0 bridgehead atoms. The van der Waals surface area contributed by atoms with Gasteiger partial charge in [-0.05, 0) is 37.2 Å². The highest BCUT2D eigenvalue weighted by atomic mass is 32.1. The predicted octanol–water partition coefficient (Wildman–Crippen LogP) is 3.33. The Bertz CT molecular complexity index is 652. The second kappa shape index (κ2) is 8.99. The van der Waals surface area contributed by atoms with Gasteiger partial charge in [0, 0.05) is 11.3 Å². The molecule has 1 N–H and O–H groups in total. The van der Waals surface area contributed by atoms with Crippen LogP contribution in [0.3, 0.4) is 0 Å². The van der Waals surface area contributed by atoms with E-state index >= 15 is 0 Å². The van der Waals surface area contributed by atoms with Gasteiger partial charge < -0.3 is 14.8 Å². The van der Waals surface area contributed by atoms with Gasteiger partial charge in [-0.25, -0.2) is 4.79 Å². The molecule has 0 aromatic carbocycles. The van der Waals surface area contributed by atoms with Gasteiger partial charge in [0.2, 0.25) is 5.91 Å². The van der Waals surface area contributed by atoms with E-state index in [4.69, 9.17) is 4.74 Å². The maximum absolute atomic E-state index is 12.5. The Kier molecular flexibility index (Phi) is 6.99. The van der Waals surface area contributed by atoms with Crippen LogP contribution in [-0.2, 0) is 31.9 Å². The molecule has 1 aromatic rings. The number of amides is 1. The Labute approximate surface area is 151 Å². The van der Waals surface area contributed by atoms with Gasteiger partial charge in [0.25, 0.3) is 0 Å². The minimum atomic E-state index is -0.433. The third-order valence-corrected chi connectivity index (χ3v) is 5.36. The number of carbonyl (C=O) groups excluding carboxylic acids is 3. The topological polar surface area (TPSA) is 81.7 Å². The molecular formula is C18H25NO5S. The number of nitrogens with one attached hydrogen (secondary N) is 1. The van der Waals surface area contributed by atoms with E-state index in [1.165, 1.54) is 18.4 Å². The average Bonchev–Trinajstić information content (AvgIpc) is 2.94. The van der Waals surface area contributed by atoms with Crippen LogP contribution in [-0.4, -0.2) is 31.6 Å². The monoisotopic (exact) mass is 367 g/mol. The van der Waals surface area contributed by atoms with Crippen LogP contribution in [0, 0.1) is 5.92 Å². The summed E-state index contributed by atoms with van der Waals surface area (Å²) in [6.45, 7) is 4.48. The number of esters is 2. The third kappa shape index (κ3) is 5.04. The standard InChI is InChI=1S/C18H25NO5S/c1-4-9-24-18(22)16-12-6-5-11(2)10-13(12)25-17(16)19-14(20)7-8-15(21)23-3/h11H,4-10H2,1-3H3,(H,19,20)/t11-/m0/s1. The van der Waals surface area contributed by atoms with Crippen LogP contribution in [0.25, 0.3) is 0 Å². The summed E-state index contributed by atoms with van der Waals surface area (Å²) >= 11 is 1.45. The van der Waals surface area contributed by atoms with Crippen molar-refractivity contribution in [3.05, 3.63) is 16.0 Å². The van der Waals surface area contributed by atoms with E-state index in [9.17, 15) is 14.4 Å². The van der Waals surface area contributed by atoms with Gasteiger partial charge in [-0.3, -0.25) is 9.59 Å². The molecule has 2 rings (SSSR count). The smallest absolute Gasteiger partial charge is 0.341 e. The molecule has 1 atom stereocenters. The van der Waals surface area contributed by atoms with Crippen molar-refractivity contribution in [1.29, 1.82) is 0 Å². The Morgan fingerprint density at radius 1 is 1.28 bits per heavy atom. The minimum Gasteiger partial charge on any atom is -0.469 e. The van der Waals surface area contributed by atoms with E-state index < -0.39 is 5.97 Å². The van der Waals surface area contributed by atoms with Crippen LogP contribution in [0.4, 0.5) is 5.00 Å². The van der Waals surface area contributed by atoms with E-state index in [-0.39, 0.29) is 24.7 Å². The first-order valence-corrected chi connectivity index (χ1v) is 9.46. The quantitative estimate of drug-likeness (QED) is 0.748. The highest BCUT2D eigenvalue weighted by Gasteiger charge is 2.29.